The Balaban J connectivity index is 2.06. The third kappa shape index (κ3) is 3.04. The molecule has 0 radical (unpaired) electrons. The molecule has 0 unspecified atom stereocenters. The molecular weight excluding hydrogens is 354 g/mol. The first-order chi connectivity index (χ1) is 11.1. The molecule has 1 heterocycles. The predicted octanol–water partition coefficient (Wildman–Crippen LogP) is 5.05. The largest absolute Gasteiger partial charge is 0.497 e. The Morgan fingerprint density at radius 3 is 2.57 bits per heavy atom. The van der Waals surface area contributed by atoms with Crippen molar-refractivity contribution < 1.29 is 9.53 Å². The van der Waals surface area contributed by atoms with Crippen LogP contribution < -0.4 is 4.74 Å². The minimum absolute atomic E-state index is 0.162. The summed E-state index contributed by atoms with van der Waals surface area (Å²) in [5.74, 6) is 1.01. The zero-order valence-corrected chi connectivity index (χ0v) is 14.8. The molecule has 3 rings (SSSR count). The monoisotopic (exact) mass is 371 g/mol. The third-order valence-electron chi connectivity index (χ3n) is 3.99. The smallest absolute Gasteiger partial charge is 0.164 e. The Kier molecular flexibility index (Phi) is 4.53. The Bertz CT molecular complexity index is 850. The second-order valence-electron chi connectivity index (χ2n) is 5.43. The van der Waals surface area contributed by atoms with Crippen molar-refractivity contribution in [1.82, 2.24) is 4.57 Å². The van der Waals surface area contributed by atoms with Gasteiger partial charge in [0.1, 0.15) is 5.75 Å². The summed E-state index contributed by atoms with van der Waals surface area (Å²) in [4.78, 5) is 12.3. The van der Waals surface area contributed by atoms with E-state index in [4.69, 9.17) is 4.74 Å². The molecule has 0 atom stereocenters. The molecular formula is C19H18BrNO2. The van der Waals surface area contributed by atoms with Crippen LogP contribution >= 0.6 is 15.9 Å². The average molecular weight is 372 g/mol. The van der Waals surface area contributed by atoms with Gasteiger partial charge in [-0.2, -0.15) is 0 Å². The number of ketones is 1. The molecule has 0 aliphatic heterocycles. The highest BCUT2D eigenvalue weighted by Gasteiger charge is 2.16. The zero-order valence-electron chi connectivity index (χ0n) is 13.2. The summed E-state index contributed by atoms with van der Waals surface area (Å²) in [7, 11) is 1.66. The Morgan fingerprint density at radius 1 is 1.17 bits per heavy atom. The summed E-state index contributed by atoms with van der Waals surface area (Å²) in [6.45, 7) is 2.61. The van der Waals surface area contributed by atoms with Gasteiger partial charge in [0, 0.05) is 34.6 Å². The van der Waals surface area contributed by atoms with Crippen molar-refractivity contribution in [3.8, 4) is 5.75 Å². The van der Waals surface area contributed by atoms with Crippen LogP contribution in [0.5, 0.6) is 5.75 Å². The summed E-state index contributed by atoms with van der Waals surface area (Å²) < 4.78 is 8.29. The van der Waals surface area contributed by atoms with E-state index in [1.807, 2.05) is 49.5 Å². The number of ether oxygens (including phenoxy) is 1. The predicted molar refractivity (Wildman–Crippen MR) is 96.4 cm³/mol. The number of methoxy groups -OCH3 is 1. The fourth-order valence-electron chi connectivity index (χ4n) is 2.77. The van der Waals surface area contributed by atoms with Crippen molar-refractivity contribution in [3.05, 3.63) is 64.3 Å². The van der Waals surface area contributed by atoms with E-state index in [1.54, 1.807) is 7.11 Å². The van der Waals surface area contributed by atoms with E-state index < -0.39 is 0 Å². The van der Waals surface area contributed by atoms with Crippen LogP contribution in [0.15, 0.2) is 53.1 Å². The minimum atomic E-state index is 0.162. The first-order valence-electron chi connectivity index (χ1n) is 7.57. The zero-order chi connectivity index (χ0) is 16.4. The Hall–Kier alpha value is -2.07. The Labute approximate surface area is 144 Å². The van der Waals surface area contributed by atoms with Crippen molar-refractivity contribution in [1.29, 1.82) is 0 Å². The lowest BCUT2D eigenvalue weighted by Crippen LogP contribution is -1.99. The second-order valence-corrected chi connectivity index (χ2v) is 6.28. The molecule has 0 fully saturated rings. The van der Waals surface area contributed by atoms with Crippen LogP contribution in [0.3, 0.4) is 0 Å². The molecule has 0 saturated carbocycles. The van der Waals surface area contributed by atoms with Crippen LogP contribution in [0.4, 0.5) is 0 Å². The van der Waals surface area contributed by atoms with Gasteiger partial charge < -0.3 is 9.30 Å². The quantitative estimate of drug-likeness (QED) is 0.587. The van der Waals surface area contributed by atoms with Gasteiger partial charge in [-0.25, -0.2) is 0 Å². The number of rotatable bonds is 5. The second kappa shape index (κ2) is 6.59. The number of hydrogen-bond donors (Lipinski definition) is 0. The molecule has 0 saturated heterocycles. The molecule has 3 nitrogen and oxygen atoms in total. The van der Waals surface area contributed by atoms with Crippen LogP contribution in [0.1, 0.15) is 29.3 Å². The van der Waals surface area contributed by atoms with E-state index >= 15 is 0 Å². The maximum atomic E-state index is 12.3. The molecule has 0 spiro atoms. The first-order valence-corrected chi connectivity index (χ1v) is 8.36. The van der Waals surface area contributed by atoms with Gasteiger partial charge in [0.15, 0.2) is 5.78 Å². The van der Waals surface area contributed by atoms with Crippen molar-refractivity contribution in [2.24, 2.45) is 0 Å². The number of carbonyl (C=O) groups is 1. The van der Waals surface area contributed by atoms with Gasteiger partial charge in [-0.3, -0.25) is 4.79 Å². The maximum absolute atomic E-state index is 12.3. The van der Waals surface area contributed by atoms with Crippen LogP contribution in [0, 0.1) is 0 Å². The van der Waals surface area contributed by atoms with Crippen LogP contribution in [0.25, 0.3) is 10.9 Å². The maximum Gasteiger partial charge on any atom is 0.164 e. The van der Waals surface area contributed by atoms with E-state index in [0.717, 1.165) is 32.3 Å². The number of hydrogen-bond acceptors (Lipinski definition) is 2. The van der Waals surface area contributed by atoms with Crippen molar-refractivity contribution in [2.45, 2.75) is 19.9 Å². The fraction of sp³-hybridized carbons (Fsp3) is 0.211. The molecule has 0 bridgehead atoms. The molecule has 4 heteroatoms. The number of aromatic nitrogens is 1. The summed E-state index contributed by atoms with van der Waals surface area (Å²) in [6.07, 6.45) is 2.47. The Morgan fingerprint density at radius 2 is 1.91 bits per heavy atom. The molecule has 0 N–H and O–H groups in total. The van der Waals surface area contributed by atoms with Gasteiger partial charge in [0.2, 0.25) is 0 Å². The highest BCUT2D eigenvalue weighted by Crippen LogP contribution is 2.30. The van der Waals surface area contributed by atoms with Crippen molar-refractivity contribution in [3.63, 3.8) is 0 Å². The summed E-state index contributed by atoms with van der Waals surface area (Å²) in [5, 5.41) is 0.993. The van der Waals surface area contributed by atoms with E-state index in [1.165, 1.54) is 0 Å². The first kappa shape index (κ1) is 15.8. The van der Waals surface area contributed by atoms with E-state index in [2.05, 4.69) is 26.6 Å². The standard InChI is InChI=1S/C19H18BrNO2/c1-3-18(22)15-12-21(17-6-4-5-16(20)19(15)17)11-13-7-9-14(23-2)10-8-13/h4-10,12H,3,11H2,1-2H3. The lowest BCUT2D eigenvalue weighted by atomic mass is 10.1. The van der Waals surface area contributed by atoms with Gasteiger partial charge in [0.25, 0.3) is 0 Å². The fourth-order valence-corrected chi connectivity index (χ4v) is 3.34. The van der Waals surface area contributed by atoms with Gasteiger partial charge in [-0.1, -0.05) is 41.1 Å². The van der Waals surface area contributed by atoms with Gasteiger partial charge in [-0.15, -0.1) is 0 Å². The summed E-state index contributed by atoms with van der Waals surface area (Å²) in [6, 6.07) is 14.0. The minimum Gasteiger partial charge on any atom is -0.497 e. The molecule has 0 amide bonds. The van der Waals surface area contributed by atoms with Gasteiger partial charge in [-0.05, 0) is 29.8 Å². The van der Waals surface area contributed by atoms with Crippen molar-refractivity contribution in [2.75, 3.05) is 7.11 Å². The highest BCUT2D eigenvalue weighted by molar-refractivity contribution is 9.10. The molecule has 2 aromatic carbocycles. The van der Waals surface area contributed by atoms with E-state index in [9.17, 15) is 4.79 Å². The summed E-state index contributed by atoms with van der Waals surface area (Å²) in [5.41, 5.74) is 3.01. The average Bonchev–Trinajstić information content (AvgIpc) is 2.95. The SMILES string of the molecule is CCC(=O)c1cn(Cc2ccc(OC)cc2)c2cccc(Br)c12. The lowest BCUT2D eigenvalue weighted by molar-refractivity contribution is 0.0989. The third-order valence-corrected chi connectivity index (χ3v) is 4.65. The van der Waals surface area contributed by atoms with Crippen LogP contribution in [-0.2, 0) is 6.54 Å². The van der Waals surface area contributed by atoms with E-state index in [0.29, 0.717) is 13.0 Å². The van der Waals surface area contributed by atoms with Crippen molar-refractivity contribution >= 4 is 32.6 Å². The van der Waals surface area contributed by atoms with Gasteiger partial charge in [0.05, 0.1) is 12.6 Å². The number of Topliss-reactive ketones (excluding diaryl/α,β-unsaturated/α-hetero) is 1. The number of halogens is 1. The molecule has 1 aromatic heterocycles. The van der Waals surface area contributed by atoms with E-state index in [-0.39, 0.29) is 5.78 Å². The lowest BCUT2D eigenvalue weighted by Gasteiger charge is -2.07. The summed E-state index contributed by atoms with van der Waals surface area (Å²) >= 11 is 3.58. The molecule has 0 aliphatic carbocycles. The number of benzene rings is 2. The normalized spacial score (nSPS) is 10.9. The number of carbonyl (C=O) groups excluding carboxylic acids is 1. The molecule has 23 heavy (non-hydrogen) atoms. The molecule has 3 aromatic rings. The van der Waals surface area contributed by atoms with Crippen LogP contribution in [-0.4, -0.2) is 17.5 Å². The number of nitrogens with zero attached hydrogens (tertiary/aromatic N) is 1. The number of fused-ring (bicyclic) bond motifs is 1. The van der Waals surface area contributed by atoms with Gasteiger partial charge >= 0.3 is 0 Å². The topological polar surface area (TPSA) is 31.2 Å². The molecule has 118 valence electrons. The highest BCUT2D eigenvalue weighted by atomic mass is 79.9. The molecule has 0 aliphatic rings. The van der Waals surface area contributed by atoms with Crippen LogP contribution in [0.2, 0.25) is 0 Å².